The zero-order valence-electron chi connectivity index (χ0n) is 11.5. The predicted octanol–water partition coefficient (Wildman–Crippen LogP) is 3.61. The Bertz CT molecular complexity index is 201. The number of rotatable bonds is 5. The predicted molar refractivity (Wildman–Crippen MR) is 76.8 cm³/mol. The summed E-state index contributed by atoms with van der Waals surface area (Å²) >= 11 is 0. The van der Waals surface area contributed by atoms with Crippen LogP contribution in [0.2, 0.25) is 12.1 Å². The van der Waals surface area contributed by atoms with Crippen LogP contribution < -0.4 is 0 Å². The largest absolute Gasteiger partial charge is 0.299 e. The van der Waals surface area contributed by atoms with Crippen molar-refractivity contribution in [1.29, 1.82) is 0 Å². The number of likely N-dealkylation sites (tertiary alicyclic amines) is 1. The van der Waals surface area contributed by atoms with Gasteiger partial charge in [0.2, 0.25) is 0 Å². The van der Waals surface area contributed by atoms with Crippen LogP contribution in [0.1, 0.15) is 46.5 Å². The smallest absolute Gasteiger partial charge is 0.0609 e. The van der Waals surface area contributed by atoms with Crippen LogP contribution in [0.15, 0.2) is 11.3 Å². The average Bonchev–Trinajstić information content (AvgIpc) is 2.54. The lowest BCUT2D eigenvalue weighted by atomic mass is 10.2. The van der Waals surface area contributed by atoms with Crippen molar-refractivity contribution in [3.63, 3.8) is 0 Å². The third-order valence-corrected chi connectivity index (χ3v) is 6.88. The molecule has 1 nitrogen and oxygen atoms in total. The van der Waals surface area contributed by atoms with Crippen molar-refractivity contribution in [2.45, 2.75) is 58.5 Å². The molecule has 0 bridgehead atoms. The van der Waals surface area contributed by atoms with Gasteiger partial charge in [-0.2, -0.15) is 0 Å². The van der Waals surface area contributed by atoms with E-state index in [9.17, 15) is 0 Å². The molecule has 0 atom stereocenters. The average molecular weight is 239 g/mol. The van der Waals surface area contributed by atoms with Crippen LogP contribution in [-0.2, 0) is 0 Å². The van der Waals surface area contributed by atoms with Gasteiger partial charge in [0.15, 0.2) is 0 Å². The molecule has 0 aromatic heterocycles. The Balaban J connectivity index is 2.38. The van der Waals surface area contributed by atoms with Crippen molar-refractivity contribution in [2.75, 3.05) is 19.6 Å². The topological polar surface area (TPSA) is 3.24 Å². The van der Waals surface area contributed by atoms with Crippen LogP contribution in [0.3, 0.4) is 0 Å². The lowest BCUT2D eigenvalue weighted by Crippen LogP contribution is -2.27. The molecule has 0 amide bonds. The Morgan fingerprint density at radius 3 is 2.12 bits per heavy atom. The second-order valence-corrected chi connectivity index (χ2v) is 8.77. The van der Waals surface area contributed by atoms with E-state index in [1.54, 1.807) is 5.57 Å². The summed E-state index contributed by atoms with van der Waals surface area (Å²) in [6.45, 7) is 11.0. The molecule has 1 fully saturated rings. The van der Waals surface area contributed by atoms with Crippen LogP contribution in [0.4, 0.5) is 0 Å². The van der Waals surface area contributed by atoms with E-state index in [0.717, 1.165) is 0 Å². The first kappa shape index (κ1) is 14.0. The Hall–Kier alpha value is -0.0831. The lowest BCUT2D eigenvalue weighted by molar-refractivity contribution is 0.309. The van der Waals surface area contributed by atoms with E-state index in [2.05, 4.69) is 31.4 Å². The summed E-state index contributed by atoms with van der Waals surface area (Å²) in [4.78, 5) is 2.66. The van der Waals surface area contributed by atoms with Crippen molar-refractivity contribution < 1.29 is 0 Å². The number of nitrogens with zero attached hydrogens (tertiary/aromatic N) is 1. The third kappa shape index (κ3) is 5.31. The Kier molecular flexibility index (Phi) is 7.05. The molecule has 0 aliphatic carbocycles. The van der Waals surface area contributed by atoms with Crippen LogP contribution in [0.25, 0.3) is 0 Å². The first-order valence-electron chi connectivity index (χ1n) is 7.15. The monoisotopic (exact) mass is 239 g/mol. The highest BCUT2D eigenvalue weighted by atomic mass is 28.3. The highest BCUT2D eigenvalue weighted by Crippen LogP contribution is 2.12. The van der Waals surface area contributed by atoms with Gasteiger partial charge < -0.3 is 0 Å². The van der Waals surface area contributed by atoms with Gasteiger partial charge in [-0.1, -0.05) is 50.0 Å². The molecule has 1 heterocycles. The van der Waals surface area contributed by atoms with Crippen molar-refractivity contribution in [2.24, 2.45) is 0 Å². The Labute approximate surface area is 104 Å². The summed E-state index contributed by atoms with van der Waals surface area (Å²) in [6, 6.07) is 2.85. The van der Waals surface area contributed by atoms with E-state index in [-0.39, 0.29) is 0 Å². The fourth-order valence-electron chi connectivity index (χ4n) is 2.63. The minimum atomic E-state index is -0.522. The second kappa shape index (κ2) is 8.07. The van der Waals surface area contributed by atoms with E-state index in [4.69, 9.17) is 0 Å². The van der Waals surface area contributed by atoms with Gasteiger partial charge in [-0.3, -0.25) is 4.90 Å². The van der Waals surface area contributed by atoms with Gasteiger partial charge in [0.1, 0.15) is 0 Å². The highest BCUT2D eigenvalue weighted by Gasteiger charge is 2.10. The highest BCUT2D eigenvalue weighted by molar-refractivity contribution is 6.64. The zero-order valence-corrected chi connectivity index (χ0v) is 12.6. The maximum absolute atomic E-state index is 2.66. The Morgan fingerprint density at radius 2 is 1.62 bits per heavy atom. The van der Waals surface area contributed by atoms with Crippen molar-refractivity contribution in [3.05, 3.63) is 11.3 Å². The first-order valence-corrected chi connectivity index (χ1v) is 9.45. The van der Waals surface area contributed by atoms with Crippen LogP contribution >= 0.6 is 0 Å². The first-order chi connectivity index (χ1) is 7.76. The summed E-state index contributed by atoms with van der Waals surface area (Å²) in [7, 11) is -0.522. The molecule has 1 aliphatic rings. The standard InChI is InChI=1S/C14H29NSi/c1-4-16(5-2)13-14(3)12-15-10-8-6-7-9-11-15/h13,16H,4-12H2,1-3H3. The molecule has 1 aliphatic heterocycles. The van der Waals surface area contributed by atoms with E-state index in [0.29, 0.717) is 0 Å². The molecule has 0 saturated carbocycles. The Morgan fingerprint density at radius 1 is 1.06 bits per heavy atom. The number of hydrogen-bond acceptors (Lipinski definition) is 1. The SMILES string of the molecule is CC[SiH](C=C(C)CN1CCCCCC1)CC. The van der Waals surface area contributed by atoms with E-state index >= 15 is 0 Å². The fourth-order valence-corrected chi connectivity index (χ4v) is 4.59. The minimum absolute atomic E-state index is 0.522. The molecular weight excluding hydrogens is 210 g/mol. The molecule has 0 aromatic rings. The lowest BCUT2D eigenvalue weighted by Gasteiger charge is -2.20. The van der Waals surface area contributed by atoms with Gasteiger partial charge in [0, 0.05) is 6.54 Å². The summed E-state index contributed by atoms with van der Waals surface area (Å²) in [5.41, 5.74) is 4.28. The summed E-state index contributed by atoms with van der Waals surface area (Å²) in [5.74, 6) is 0. The molecule has 0 N–H and O–H groups in total. The van der Waals surface area contributed by atoms with Crippen molar-refractivity contribution >= 4 is 8.80 Å². The van der Waals surface area contributed by atoms with Gasteiger partial charge in [0.25, 0.3) is 0 Å². The van der Waals surface area contributed by atoms with Gasteiger partial charge in [-0.25, -0.2) is 0 Å². The van der Waals surface area contributed by atoms with Crippen LogP contribution in [-0.4, -0.2) is 33.3 Å². The quantitative estimate of drug-likeness (QED) is 0.663. The maximum Gasteiger partial charge on any atom is 0.0609 e. The molecule has 0 spiro atoms. The van der Waals surface area contributed by atoms with Crippen molar-refractivity contribution in [1.82, 2.24) is 4.90 Å². The maximum atomic E-state index is 2.66. The summed E-state index contributed by atoms with van der Waals surface area (Å²) in [6.07, 6.45) is 5.71. The molecular formula is C14H29NSi. The molecule has 94 valence electrons. The zero-order chi connectivity index (χ0) is 11.8. The summed E-state index contributed by atoms with van der Waals surface area (Å²) in [5, 5.41) is 0. The molecule has 2 heteroatoms. The number of hydrogen-bond donors (Lipinski definition) is 0. The van der Waals surface area contributed by atoms with Gasteiger partial charge >= 0.3 is 0 Å². The second-order valence-electron chi connectivity index (χ2n) is 5.28. The molecule has 0 radical (unpaired) electrons. The van der Waals surface area contributed by atoms with Crippen LogP contribution in [0.5, 0.6) is 0 Å². The summed E-state index contributed by atoms with van der Waals surface area (Å²) < 4.78 is 0. The van der Waals surface area contributed by atoms with Crippen LogP contribution in [0, 0.1) is 0 Å². The molecule has 16 heavy (non-hydrogen) atoms. The van der Waals surface area contributed by atoms with Gasteiger partial charge in [-0.15, -0.1) is 0 Å². The van der Waals surface area contributed by atoms with E-state index < -0.39 is 8.80 Å². The van der Waals surface area contributed by atoms with Gasteiger partial charge in [-0.05, 0) is 32.9 Å². The van der Waals surface area contributed by atoms with Gasteiger partial charge in [0.05, 0.1) is 8.80 Å². The van der Waals surface area contributed by atoms with E-state index in [1.807, 2.05) is 0 Å². The van der Waals surface area contributed by atoms with E-state index in [1.165, 1.54) is 57.4 Å². The molecule has 1 rings (SSSR count). The third-order valence-electron chi connectivity index (χ3n) is 3.74. The molecule has 0 unspecified atom stereocenters. The molecule has 0 aromatic carbocycles. The van der Waals surface area contributed by atoms with Crippen molar-refractivity contribution in [3.8, 4) is 0 Å². The normalized spacial score (nSPS) is 20.1. The fraction of sp³-hybridized carbons (Fsp3) is 0.857. The minimum Gasteiger partial charge on any atom is -0.299 e. The molecule has 1 saturated heterocycles.